The Bertz CT molecular complexity index is 789. The Morgan fingerprint density at radius 1 is 1.39 bits per heavy atom. The molecule has 156 valence electrons. The van der Waals surface area contributed by atoms with Crippen LogP contribution < -0.4 is 5.32 Å². The second-order valence-electron chi connectivity index (χ2n) is 6.65. The molecule has 0 bridgehead atoms. The van der Waals surface area contributed by atoms with Crippen LogP contribution in [0.5, 0.6) is 0 Å². The zero-order valence-electron chi connectivity index (χ0n) is 16.0. The number of amides is 2. The maximum Gasteiger partial charge on any atom is 0.306 e. The lowest BCUT2D eigenvalue weighted by Gasteiger charge is -2.29. The average Bonchev–Trinajstić information content (AvgIpc) is 3.29. The minimum atomic E-state index is -3.11. The van der Waals surface area contributed by atoms with Gasteiger partial charge in [0, 0.05) is 25.6 Å². The molecular weight excluding hydrogens is 388 g/mol. The molecule has 10 heteroatoms. The Morgan fingerprint density at radius 3 is 2.71 bits per heavy atom. The lowest BCUT2D eigenvalue weighted by molar-refractivity contribution is -0.160. The van der Waals surface area contributed by atoms with Gasteiger partial charge in [0.25, 0.3) is 11.8 Å². The van der Waals surface area contributed by atoms with Crippen molar-refractivity contribution in [3.63, 3.8) is 0 Å². The Morgan fingerprint density at radius 2 is 2.14 bits per heavy atom. The van der Waals surface area contributed by atoms with Gasteiger partial charge in [-0.05, 0) is 38.8 Å². The molecule has 2 rings (SSSR count). The number of hydrogen-bond acceptors (Lipinski definition) is 7. The predicted molar refractivity (Wildman–Crippen MR) is 100 cm³/mol. The molecule has 0 aliphatic carbocycles. The van der Waals surface area contributed by atoms with Crippen LogP contribution in [0.4, 0.5) is 0 Å². The zero-order valence-corrected chi connectivity index (χ0v) is 16.9. The molecule has 2 heterocycles. The van der Waals surface area contributed by atoms with E-state index in [2.05, 4.69) is 5.32 Å². The number of nitrogens with zero attached hydrogens (tertiary/aromatic N) is 1. The van der Waals surface area contributed by atoms with E-state index in [-0.39, 0.29) is 42.2 Å². The van der Waals surface area contributed by atoms with E-state index in [0.717, 1.165) is 0 Å². The molecule has 1 fully saturated rings. The summed E-state index contributed by atoms with van der Waals surface area (Å²) in [5.74, 6) is -1.11. The molecule has 2 amide bonds. The van der Waals surface area contributed by atoms with Gasteiger partial charge in [-0.2, -0.15) is 0 Å². The van der Waals surface area contributed by atoms with Crippen molar-refractivity contribution in [2.45, 2.75) is 45.3 Å². The first-order valence-corrected chi connectivity index (χ1v) is 11.1. The third-order valence-electron chi connectivity index (χ3n) is 4.52. The SMILES string of the molecule is CCN(C(=O)C(C)OC(=O)CCCNC(=O)c1ccco1)C1CCS(=O)(=O)C1. The van der Waals surface area contributed by atoms with E-state index in [1.807, 2.05) is 0 Å². The Kier molecular flexibility index (Phi) is 7.61. The number of rotatable bonds is 9. The molecule has 0 radical (unpaired) electrons. The first-order valence-electron chi connectivity index (χ1n) is 9.25. The van der Waals surface area contributed by atoms with Crippen molar-refractivity contribution in [3.05, 3.63) is 24.2 Å². The molecule has 1 aliphatic heterocycles. The first kappa shape index (κ1) is 21.9. The molecule has 1 aromatic rings. The van der Waals surface area contributed by atoms with E-state index in [0.29, 0.717) is 19.4 Å². The van der Waals surface area contributed by atoms with Crippen LogP contribution in [0.2, 0.25) is 0 Å². The molecule has 1 N–H and O–H groups in total. The van der Waals surface area contributed by atoms with Crippen molar-refractivity contribution in [1.82, 2.24) is 10.2 Å². The van der Waals surface area contributed by atoms with Gasteiger partial charge in [-0.3, -0.25) is 14.4 Å². The van der Waals surface area contributed by atoms with E-state index < -0.39 is 27.8 Å². The number of sulfone groups is 1. The zero-order chi connectivity index (χ0) is 20.7. The third-order valence-corrected chi connectivity index (χ3v) is 6.27. The highest BCUT2D eigenvalue weighted by Crippen LogP contribution is 2.19. The van der Waals surface area contributed by atoms with E-state index in [9.17, 15) is 22.8 Å². The summed E-state index contributed by atoms with van der Waals surface area (Å²) in [5, 5.41) is 2.62. The van der Waals surface area contributed by atoms with Crippen LogP contribution in [-0.2, 0) is 24.2 Å². The molecule has 0 saturated carbocycles. The highest BCUT2D eigenvalue weighted by Gasteiger charge is 2.36. The quantitative estimate of drug-likeness (QED) is 0.467. The van der Waals surface area contributed by atoms with Gasteiger partial charge >= 0.3 is 5.97 Å². The van der Waals surface area contributed by atoms with Crippen LogP contribution >= 0.6 is 0 Å². The second-order valence-corrected chi connectivity index (χ2v) is 8.88. The van der Waals surface area contributed by atoms with Crippen LogP contribution in [-0.4, -0.2) is 67.8 Å². The Balaban J connectivity index is 1.73. The van der Waals surface area contributed by atoms with Crippen LogP contribution in [0, 0.1) is 0 Å². The number of likely N-dealkylation sites (N-methyl/N-ethyl adjacent to an activating group) is 1. The summed E-state index contributed by atoms with van der Waals surface area (Å²) >= 11 is 0. The molecule has 0 aromatic carbocycles. The molecule has 2 atom stereocenters. The predicted octanol–water partition coefficient (Wildman–Crippen LogP) is 0.757. The summed E-state index contributed by atoms with van der Waals surface area (Å²) in [6.07, 6.45) is 1.20. The Labute approximate surface area is 164 Å². The fourth-order valence-corrected chi connectivity index (χ4v) is 4.82. The first-order chi connectivity index (χ1) is 13.2. The number of nitrogens with one attached hydrogen (secondary N) is 1. The molecule has 1 saturated heterocycles. The highest BCUT2D eigenvalue weighted by molar-refractivity contribution is 7.91. The van der Waals surface area contributed by atoms with Crippen LogP contribution in [0.1, 0.15) is 43.7 Å². The molecule has 28 heavy (non-hydrogen) atoms. The fourth-order valence-electron chi connectivity index (χ4n) is 3.08. The summed E-state index contributed by atoms with van der Waals surface area (Å²) in [6, 6.07) is 2.76. The second kappa shape index (κ2) is 9.72. The van der Waals surface area contributed by atoms with Crippen LogP contribution in [0.3, 0.4) is 0 Å². The minimum Gasteiger partial charge on any atom is -0.459 e. The van der Waals surface area contributed by atoms with Gasteiger partial charge in [0.15, 0.2) is 21.7 Å². The molecular formula is C18H26N2O7S. The van der Waals surface area contributed by atoms with Crippen molar-refractivity contribution in [2.24, 2.45) is 0 Å². The number of ether oxygens (including phenoxy) is 1. The van der Waals surface area contributed by atoms with Gasteiger partial charge < -0.3 is 19.4 Å². The number of hydrogen-bond donors (Lipinski definition) is 1. The van der Waals surface area contributed by atoms with Crippen molar-refractivity contribution in [3.8, 4) is 0 Å². The van der Waals surface area contributed by atoms with Crippen molar-refractivity contribution in [1.29, 1.82) is 0 Å². The van der Waals surface area contributed by atoms with Crippen molar-refractivity contribution < 1.29 is 32.0 Å². The summed E-state index contributed by atoms with van der Waals surface area (Å²) in [5.41, 5.74) is 0. The number of carbonyl (C=O) groups excluding carboxylic acids is 3. The molecule has 1 aromatic heterocycles. The van der Waals surface area contributed by atoms with E-state index in [1.165, 1.54) is 24.2 Å². The monoisotopic (exact) mass is 414 g/mol. The van der Waals surface area contributed by atoms with Gasteiger partial charge in [-0.1, -0.05) is 0 Å². The Hall–Kier alpha value is -2.36. The largest absolute Gasteiger partial charge is 0.459 e. The minimum absolute atomic E-state index is 0.0417. The van der Waals surface area contributed by atoms with Crippen LogP contribution in [0.25, 0.3) is 0 Å². The summed E-state index contributed by atoms with van der Waals surface area (Å²) in [7, 11) is -3.11. The molecule has 2 unspecified atom stereocenters. The summed E-state index contributed by atoms with van der Waals surface area (Å²) in [6.45, 7) is 3.85. The van der Waals surface area contributed by atoms with Gasteiger partial charge in [-0.25, -0.2) is 8.42 Å². The van der Waals surface area contributed by atoms with E-state index >= 15 is 0 Å². The lowest BCUT2D eigenvalue weighted by atomic mass is 10.2. The number of carbonyl (C=O) groups is 3. The van der Waals surface area contributed by atoms with Crippen molar-refractivity contribution in [2.75, 3.05) is 24.6 Å². The van der Waals surface area contributed by atoms with Gasteiger partial charge in [0.05, 0.1) is 17.8 Å². The molecule has 1 aliphatic rings. The third kappa shape index (κ3) is 6.08. The number of esters is 1. The summed E-state index contributed by atoms with van der Waals surface area (Å²) < 4.78 is 33.4. The lowest BCUT2D eigenvalue weighted by Crippen LogP contribution is -2.46. The van der Waals surface area contributed by atoms with Crippen molar-refractivity contribution >= 4 is 27.6 Å². The maximum absolute atomic E-state index is 12.5. The standard InChI is InChI=1S/C18H26N2O7S/c1-3-20(14-8-11-28(24,25)12-14)18(23)13(2)27-16(21)7-4-9-19-17(22)15-6-5-10-26-15/h5-6,10,13-14H,3-4,7-9,11-12H2,1-2H3,(H,19,22). The van der Waals surface area contributed by atoms with Crippen LogP contribution in [0.15, 0.2) is 22.8 Å². The average molecular weight is 414 g/mol. The van der Waals surface area contributed by atoms with Gasteiger partial charge in [-0.15, -0.1) is 0 Å². The molecule has 0 spiro atoms. The van der Waals surface area contributed by atoms with E-state index in [1.54, 1.807) is 13.0 Å². The normalized spacial score (nSPS) is 19.0. The molecule has 9 nitrogen and oxygen atoms in total. The fraction of sp³-hybridized carbons (Fsp3) is 0.611. The van der Waals surface area contributed by atoms with E-state index in [4.69, 9.17) is 9.15 Å². The summed E-state index contributed by atoms with van der Waals surface area (Å²) in [4.78, 5) is 37.6. The van der Waals surface area contributed by atoms with Gasteiger partial charge in [0.2, 0.25) is 0 Å². The van der Waals surface area contributed by atoms with Gasteiger partial charge in [0.1, 0.15) is 0 Å². The number of furan rings is 1. The highest BCUT2D eigenvalue weighted by atomic mass is 32.2. The smallest absolute Gasteiger partial charge is 0.306 e. The maximum atomic E-state index is 12.5. The topological polar surface area (TPSA) is 123 Å².